The largest absolute Gasteiger partial charge is 0.310 e. The Morgan fingerprint density at radius 2 is 2.24 bits per heavy atom. The van der Waals surface area contributed by atoms with E-state index in [-0.39, 0.29) is 0 Å². The molecule has 88 valence electrons. The molecule has 0 radical (unpaired) electrons. The number of hydrogen-bond donors (Lipinski definition) is 1. The zero-order chi connectivity index (χ0) is 11.5. The molecule has 2 nitrogen and oxygen atoms in total. The summed E-state index contributed by atoms with van der Waals surface area (Å²) in [7, 11) is 0. The molecular weight excluding hydrogens is 248 g/mol. The van der Waals surface area contributed by atoms with E-state index < -0.39 is 0 Å². The maximum atomic E-state index is 4.32. The minimum atomic E-state index is 0.757. The minimum Gasteiger partial charge on any atom is -0.310 e. The van der Waals surface area contributed by atoms with E-state index in [1.807, 2.05) is 11.6 Å². The van der Waals surface area contributed by atoms with Crippen LogP contribution >= 0.6 is 23.1 Å². The average Bonchev–Trinajstić information content (AvgIpc) is 3.05. The van der Waals surface area contributed by atoms with Gasteiger partial charge in [0.15, 0.2) is 4.34 Å². The molecule has 1 aromatic heterocycles. The maximum Gasteiger partial charge on any atom is 0.154 e. The number of aromatic nitrogens is 1. The smallest absolute Gasteiger partial charge is 0.154 e. The molecule has 1 heterocycles. The van der Waals surface area contributed by atoms with Crippen LogP contribution in [0.3, 0.4) is 0 Å². The summed E-state index contributed by atoms with van der Waals surface area (Å²) in [5.74, 6) is 0. The van der Waals surface area contributed by atoms with Crippen molar-refractivity contribution in [2.75, 3.05) is 0 Å². The van der Waals surface area contributed by atoms with E-state index >= 15 is 0 Å². The zero-order valence-electron chi connectivity index (χ0n) is 9.43. The molecule has 3 rings (SSSR count). The Morgan fingerprint density at radius 1 is 1.35 bits per heavy atom. The summed E-state index contributed by atoms with van der Waals surface area (Å²) in [4.78, 5) is 5.64. The fourth-order valence-corrected chi connectivity index (χ4v) is 3.35. The van der Waals surface area contributed by atoms with Crippen LogP contribution in [-0.4, -0.2) is 11.0 Å². The van der Waals surface area contributed by atoms with Crippen LogP contribution in [0.2, 0.25) is 0 Å². The number of hydrogen-bond acceptors (Lipinski definition) is 4. The van der Waals surface area contributed by atoms with Crippen LogP contribution in [0.5, 0.6) is 0 Å². The quantitative estimate of drug-likeness (QED) is 0.892. The molecule has 1 aromatic carbocycles. The summed E-state index contributed by atoms with van der Waals surface area (Å²) in [6.07, 6.45) is 4.53. The average molecular weight is 262 g/mol. The Balaban J connectivity index is 1.72. The summed E-state index contributed by atoms with van der Waals surface area (Å²) < 4.78 is 1.11. The van der Waals surface area contributed by atoms with Crippen LogP contribution < -0.4 is 5.32 Å². The summed E-state index contributed by atoms with van der Waals surface area (Å²) in [5, 5.41) is 5.58. The third-order valence-electron chi connectivity index (χ3n) is 2.74. The molecule has 0 atom stereocenters. The number of rotatable bonds is 5. The molecule has 0 unspecified atom stereocenters. The van der Waals surface area contributed by atoms with Gasteiger partial charge in [-0.3, -0.25) is 0 Å². The van der Waals surface area contributed by atoms with Gasteiger partial charge < -0.3 is 5.32 Å². The van der Waals surface area contributed by atoms with Crippen molar-refractivity contribution in [3.63, 3.8) is 0 Å². The van der Waals surface area contributed by atoms with Gasteiger partial charge in [-0.2, -0.15) is 0 Å². The van der Waals surface area contributed by atoms with Crippen molar-refractivity contribution >= 4 is 23.1 Å². The zero-order valence-corrected chi connectivity index (χ0v) is 11.1. The molecule has 4 heteroatoms. The van der Waals surface area contributed by atoms with Gasteiger partial charge >= 0.3 is 0 Å². The lowest BCUT2D eigenvalue weighted by Gasteiger charge is -2.08. The lowest BCUT2D eigenvalue weighted by atomic mass is 10.2. The van der Waals surface area contributed by atoms with Crippen molar-refractivity contribution in [3.05, 3.63) is 41.4 Å². The van der Waals surface area contributed by atoms with Gasteiger partial charge in [0.25, 0.3) is 0 Å². The number of nitrogens with zero attached hydrogens (tertiary/aromatic N) is 1. The van der Waals surface area contributed by atoms with Crippen LogP contribution in [0.4, 0.5) is 0 Å². The molecule has 1 fully saturated rings. The molecule has 0 bridgehead atoms. The molecule has 0 amide bonds. The Hall–Kier alpha value is -0.840. The van der Waals surface area contributed by atoms with Gasteiger partial charge in [-0.1, -0.05) is 30.0 Å². The van der Waals surface area contributed by atoms with Crippen molar-refractivity contribution in [1.82, 2.24) is 10.3 Å². The fraction of sp³-hybridized carbons (Fsp3) is 0.308. The molecule has 1 aliphatic rings. The number of nitrogens with one attached hydrogen (secondary N) is 1. The lowest BCUT2D eigenvalue weighted by Crippen LogP contribution is -2.15. The van der Waals surface area contributed by atoms with Crippen LogP contribution in [0, 0.1) is 0 Å². The van der Waals surface area contributed by atoms with Crippen molar-refractivity contribution in [1.29, 1.82) is 0 Å². The van der Waals surface area contributed by atoms with Crippen molar-refractivity contribution in [3.8, 4) is 0 Å². The van der Waals surface area contributed by atoms with Gasteiger partial charge in [0.1, 0.15) is 0 Å². The van der Waals surface area contributed by atoms with Gasteiger partial charge in [0, 0.05) is 29.1 Å². The Bertz CT molecular complexity index is 478. The summed E-state index contributed by atoms with van der Waals surface area (Å²) in [6.45, 7) is 0.971. The molecule has 1 aliphatic carbocycles. The molecule has 0 saturated heterocycles. The second-order valence-corrected chi connectivity index (χ2v) is 6.35. The van der Waals surface area contributed by atoms with Gasteiger partial charge in [-0.05, 0) is 24.5 Å². The van der Waals surface area contributed by atoms with Crippen LogP contribution in [0.1, 0.15) is 18.4 Å². The second-order valence-electron chi connectivity index (χ2n) is 4.16. The van der Waals surface area contributed by atoms with Crippen LogP contribution in [0.25, 0.3) is 0 Å². The predicted octanol–water partition coefficient (Wildman–Crippen LogP) is 3.55. The normalized spacial score (nSPS) is 15.1. The van der Waals surface area contributed by atoms with E-state index in [9.17, 15) is 0 Å². The highest BCUT2D eigenvalue weighted by Crippen LogP contribution is 2.32. The summed E-state index contributed by atoms with van der Waals surface area (Å²) >= 11 is 3.46. The van der Waals surface area contributed by atoms with Crippen LogP contribution in [-0.2, 0) is 6.54 Å². The Labute approximate surface area is 109 Å². The predicted molar refractivity (Wildman–Crippen MR) is 72.5 cm³/mol. The second kappa shape index (κ2) is 5.21. The SMILES string of the molecule is c1ccc(Sc2nccs2)c(CNC2CC2)c1. The van der Waals surface area contributed by atoms with E-state index in [0.717, 1.165) is 16.9 Å². The van der Waals surface area contributed by atoms with Gasteiger partial charge in [0.2, 0.25) is 0 Å². The highest BCUT2D eigenvalue weighted by Gasteiger charge is 2.20. The molecule has 2 aromatic rings. The maximum absolute atomic E-state index is 4.32. The van der Waals surface area contributed by atoms with Crippen molar-refractivity contribution in [2.45, 2.75) is 34.7 Å². The van der Waals surface area contributed by atoms with Gasteiger partial charge in [-0.15, -0.1) is 11.3 Å². The molecule has 0 spiro atoms. The molecule has 0 aliphatic heterocycles. The van der Waals surface area contributed by atoms with Crippen molar-refractivity contribution in [2.24, 2.45) is 0 Å². The van der Waals surface area contributed by atoms with E-state index in [1.165, 1.54) is 23.3 Å². The van der Waals surface area contributed by atoms with Crippen LogP contribution in [0.15, 0.2) is 45.1 Å². The molecule has 1 N–H and O–H groups in total. The van der Waals surface area contributed by atoms with E-state index in [2.05, 4.69) is 34.6 Å². The first-order chi connectivity index (χ1) is 8.42. The topological polar surface area (TPSA) is 24.9 Å². The Kier molecular flexibility index (Phi) is 3.45. The standard InChI is InChI=1S/C13H14N2S2/c1-2-4-12(17-13-14-7-8-16-13)10(3-1)9-15-11-5-6-11/h1-4,7-8,11,15H,5-6,9H2. The van der Waals surface area contributed by atoms with Gasteiger partial charge in [-0.25, -0.2) is 4.98 Å². The third kappa shape index (κ3) is 3.09. The summed E-state index contributed by atoms with van der Waals surface area (Å²) in [5.41, 5.74) is 1.37. The van der Waals surface area contributed by atoms with Gasteiger partial charge in [0.05, 0.1) is 0 Å². The number of benzene rings is 1. The third-order valence-corrected chi connectivity index (χ3v) is 4.74. The molecular formula is C13H14N2S2. The monoisotopic (exact) mass is 262 g/mol. The van der Waals surface area contributed by atoms with E-state index in [4.69, 9.17) is 0 Å². The highest BCUT2D eigenvalue weighted by molar-refractivity contribution is 8.01. The fourth-order valence-electron chi connectivity index (χ4n) is 1.65. The van der Waals surface area contributed by atoms with E-state index in [0.29, 0.717) is 0 Å². The van der Waals surface area contributed by atoms with Crippen molar-refractivity contribution < 1.29 is 0 Å². The molecule has 1 saturated carbocycles. The van der Waals surface area contributed by atoms with E-state index in [1.54, 1.807) is 23.1 Å². The summed E-state index contributed by atoms with van der Waals surface area (Å²) in [6, 6.07) is 9.33. The Morgan fingerprint density at radius 3 is 3.00 bits per heavy atom. The lowest BCUT2D eigenvalue weighted by molar-refractivity contribution is 0.680. The first-order valence-corrected chi connectivity index (χ1v) is 7.50. The number of thiazole rings is 1. The highest BCUT2D eigenvalue weighted by atomic mass is 32.2. The minimum absolute atomic E-state index is 0.757. The first-order valence-electron chi connectivity index (χ1n) is 5.80. The molecule has 17 heavy (non-hydrogen) atoms. The first kappa shape index (κ1) is 11.3.